The Morgan fingerprint density at radius 2 is 2.42 bits per heavy atom. The predicted octanol–water partition coefficient (Wildman–Crippen LogP) is 3.05. The second-order valence-corrected chi connectivity index (χ2v) is 5.53. The molecule has 6 heteroatoms. The molecule has 1 fully saturated rings. The highest BCUT2D eigenvalue weighted by atomic mass is 32.2. The molecule has 1 N–H and O–H groups in total. The van der Waals surface area contributed by atoms with Crippen LogP contribution >= 0.6 is 11.8 Å². The van der Waals surface area contributed by atoms with Crippen LogP contribution in [0.25, 0.3) is 0 Å². The Balaban J connectivity index is 1.96. The number of nitro groups is 1. The van der Waals surface area contributed by atoms with Crippen LogP contribution in [0.15, 0.2) is 18.2 Å². The van der Waals surface area contributed by atoms with Crippen molar-refractivity contribution in [1.29, 1.82) is 0 Å². The molecule has 0 aromatic heterocycles. The smallest absolute Gasteiger partial charge is 0.269 e. The lowest BCUT2D eigenvalue weighted by Gasteiger charge is -2.11. The first kappa shape index (κ1) is 14.1. The van der Waals surface area contributed by atoms with Crippen molar-refractivity contribution in [2.75, 3.05) is 24.7 Å². The van der Waals surface area contributed by atoms with E-state index in [1.54, 1.807) is 23.9 Å². The minimum absolute atomic E-state index is 0.145. The van der Waals surface area contributed by atoms with Gasteiger partial charge < -0.3 is 10.1 Å². The average molecular weight is 282 g/mol. The summed E-state index contributed by atoms with van der Waals surface area (Å²) >= 11 is 1.77. The maximum absolute atomic E-state index is 10.8. The van der Waals surface area contributed by atoms with Crippen LogP contribution in [0.2, 0.25) is 0 Å². The normalized spacial score (nSPS) is 18.5. The number of anilines is 1. The summed E-state index contributed by atoms with van der Waals surface area (Å²) in [5, 5.41) is 13.9. The standard InChI is InChI=1S/C13H18N2O3S/c1-14-13-5-4-11(15(16)17)7-10(13)8-19-9-12-3-2-6-18-12/h4-5,7,12,14H,2-3,6,8-9H2,1H3. The number of benzene rings is 1. The summed E-state index contributed by atoms with van der Waals surface area (Å²) in [5.41, 5.74) is 2.07. The zero-order valence-corrected chi connectivity index (χ0v) is 11.7. The lowest BCUT2D eigenvalue weighted by Crippen LogP contribution is -2.08. The number of nitrogens with one attached hydrogen (secondary N) is 1. The summed E-state index contributed by atoms with van der Waals surface area (Å²) in [4.78, 5) is 10.4. The molecule has 1 aromatic carbocycles. The van der Waals surface area contributed by atoms with Crippen LogP contribution in [-0.2, 0) is 10.5 Å². The predicted molar refractivity (Wildman–Crippen MR) is 77.8 cm³/mol. The molecule has 0 aliphatic carbocycles. The van der Waals surface area contributed by atoms with Crippen molar-refractivity contribution in [3.8, 4) is 0 Å². The van der Waals surface area contributed by atoms with Gasteiger partial charge in [0.25, 0.3) is 5.69 Å². The van der Waals surface area contributed by atoms with Crippen molar-refractivity contribution in [1.82, 2.24) is 0 Å². The Labute approximate surface area is 116 Å². The molecule has 1 saturated heterocycles. The molecule has 2 rings (SSSR count). The zero-order chi connectivity index (χ0) is 13.7. The summed E-state index contributed by atoms with van der Waals surface area (Å²) in [7, 11) is 1.83. The van der Waals surface area contributed by atoms with E-state index < -0.39 is 0 Å². The number of nitrogens with zero attached hydrogens (tertiary/aromatic N) is 1. The van der Waals surface area contributed by atoms with Crippen LogP contribution in [0.1, 0.15) is 18.4 Å². The van der Waals surface area contributed by atoms with Gasteiger partial charge in [0.05, 0.1) is 11.0 Å². The Bertz CT molecular complexity index is 448. The highest BCUT2D eigenvalue weighted by Crippen LogP contribution is 2.27. The number of ether oxygens (including phenoxy) is 1. The van der Waals surface area contributed by atoms with E-state index in [4.69, 9.17) is 4.74 Å². The van der Waals surface area contributed by atoms with Gasteiger partial charge in [0.2, 0.25) is 0 Å². The van der Waals surface area contributed by atoms with Crippen LogP contribution in [0.5, 0.6) is 0 Å². The number of thioether (sulfide) groups is 1. The summed E-state index contributed by atoms with van der Waals surface area (Å²) in [6.45, 7) is 0.865. The van der Waals surface area contributed by atoms with Gasteiger partial charge in [0, 0.05) is 43.0 Å². The molecule has 0 radical (unpaired) electrons. The SMILES string of the molecule is CNc1ccc([N+](=O)[O-])cc1CSCC1CCCO1. The van der Waals surface area contributed by atoms with Crippen molar-refractivity contribution in [2.24, 2.45) is 0 Å². The third-order valence-electron chi connectivity index (χ3n) is 3.15. The fraction of sp³-hybridized carbons (Fsp3) is 0.538. The number of non-ortho nitro benzene ring substituents is 1. The summed E-state index contributed by atoms with van der Waals surface area (Å²) in [6.07, 6.45) is 2.62. The maximum Gasteiger partial charge on any atom is 0.269 e. The van der Waals surface area contributed by atoms with Crippen LogP contribution in [0.3, 0.4) is 0 Å². The van der Waals surface area contributed by atoms with Crippen molar-refractivity contribution < 1.29 is 9.66 Å². The third kappa shape index (κ3) is 3.84. The molecular formula is C13H18N2O3S. The van der Waals surface area contributed by atoms with E-state index in [1.165, 1.54) is 6.07 Å². The number of nitro benzene ring substituents is 1. The molecule has 1 atom stereocenters. The molecule has 1 unspecified atom stereocenters. The Morgan fingerprint density at radius 3 is 3.05 bits per heavy atom. The summed E-state index contributed by atoms with van der Waals surface area (Å²) < 4.78 is 5.56. The minimum Gasteiger partial charge on any atom is -0.388 e. The van der Waals surface area contributed by atoms with Gasteiger partial charge in [-0.3, -0.25) is 10.1 Å². The minimum atomic E-state index is -0.353. The van der Waals surface area contributed by atoms with Gasteiger partial charge >= 0.3 is 0 Å². The van der Waals surface area contributed by atoms with Crippen molar-refractivity contribution in [3.05, 3.63) is 33.9 Å². The Kier molecular flexibility index (Phi) is 5.04. The van der Waals surface area contributed by atoms with Crippen molar-refractivity contribution >= 4 is 23.1 Å². The maximum atomic E-state index is 10.8. The highest BCUT2D eigenvalue weighted by Gasteiger charge is 2.16. The second kappa shape index (κ2) is 6.77. The topological polar surface area (TPSA) is 64.4 Å². The van der Waals surface area contributed by atoms with E-state index in [2.05, 4.69) is 5.32 Å². The monoisotopic (exact) mass is 282 g/mol. The zero-order valence-electron chi connectivity index (χ0n) is 10.9. The Hall–Kier alpha value is -1.27. The molecule has 5 nitrogen and oxygen atoms in total. The molecule has 0 bridgehead atoms. The Morgan fingerprint density at radius 1 is 1.58 bits per heavy atom. The summed E-state index contributed by atoms with van der Waals surface area (Å²) in [5.74, 6) is 1.71. The fourth-order valence-corrected chi connectivity index (χ4v) is 3.24. The second-order valence-electron chi connectivity index (χ2n) is 4.50. The first-order chi connectivity index (χ1) is 9.20. The van der Waals surface area contributed by atoms with E-state index in [0.717, 1.165) is 42.2 Å². The summed E-state index contributed by atoms with van der Waals surface area (Å²) in [6, 6.07) is 4.94. The molecule has 1 heterocycles. The van der Waals surface area contributed by atoms with Crippen LogP contribution in [-0.4, -0.2) is 30.4 Å². The van der Waals surface area contributed by atoms with E-state index in [-0.39, 0.29) is 10.6 Å². The third-order valence-corrected chi connectivity index (χ3v) is 4.28. The molecule has 0 saturated carbocycles. The van der Waals surface area contributed by atoms with E-state index in [9.17, 15) is 10.1 Å². The number of rotatable bonds is 6. The van der Waals surface area contributed by atoms with Gasteiger partial charge in [-0.05, 0) is 24.5 Å². The lowest BCUT2D eigenvalue weighted by molar-refractivity contribution is -0.384. The quantitative estimate of drug-likeness (QED) is 0.641. The molecule has 1 aromatic rings. The fourth-order valence-electron chi connectivity index (χ4n) is 2.13. The van der Waals surface area contributed by atoms with Gasteiger partial charge in [-0.15, -0.1) is 0 Å². The molecule has 104 valence electrons. The first-order valence-corrected chi connectivity index (χ1v) is 7.50. The van der Waals surface area contributed by atoms with Gasteiger partial charge in [0.15, 0.2) is 0 Å². The molecule has 0 spiro atoms. The number of hydrogen-bond donors (Lipinski definition) is 1. The molecule has 19 heavy (non-hydrogen) atoms. The van der Waals surface area contributed by atoms with Crippen LogP contribution in [0.4, 0.5) is 11.4 Å². The van der Waals surface area contributed by atoms with Gasteiger partial charge in [0.1, 0.15) is 0 Å². The largest absolute Gasteiger partial charge is 0.388 e. The molecule has 0 amide bonds. The van der Waals surface area contributed by atoms with Gasteiger partial charge in [-0.2, -0.15) is 11.8 Å². The van der Waals surface area contributed by atoms with E-state index in [1.807, 2.05) is 7.05 Å². The van der Waals surface area contributed by atoms with E-state index >= 15 is 0 Å². The lowest BCUT2D eigenvalue weighted by atomic mass is 10.2. The van der Waals surface area contributed by atoms with E-state index in [0.29, 0.717) is 6.10 Å². The average Bonchev–Trinajstić information content (AvgIpc) is 2.91. The molecule has 1 aliphatic rings. The van der Waals surface area contributed by atoms with Crippen molar-refractivity contribution in [3.63, 3.8) is 0 Å². The van der Waals surface area contributed by atoms with Crippen molar-refractivity contribution in [2.45, 2.75) is 24.7 Å². The van der Waals surface area contributed by atoms with Gasteiger partial charge in [-0.1, -0.05) is 0 Å². The number of hydrogen-bond acceptors (Lipinski definition) is 5. The van der Waals surface area contributed by atoms with Crippen LogP contribution in [0, 0.1) is 10.1 Å². The first-order valence-electron chi connectivity index (χ1n) is 6.35. The van der Waals surface area contributed by atoms with Crippen LogP contribution < -0.4 is 5.32 Å². The molecular weight excluding hydrogens is 264 g/mol. The molecule has 1 aliphatic heterocycles. The highest BCUT2D eigenvalue weighted by molar-refractivity contribution is 7.98. The van der Waals surface area contributed by atoms with Gasteiger partial charge in [-0.25, -0.2) is 0 Å².